The first-order valence-corrected chi connectivity index (χ1v) is 7.77. The van der Waals surface area contributed by atoms with Crippen LogP contribution in [0.2, 0.25) is 0 Å². The molecule has 0 fully saturated rings. The summed E-state index contributed by atoms with van der Waals surface area (Å²) < 4.78 is 10.8. The monoisotopic (exact) mass is 316 g/mol. The van der Waals surface area contributed by atoms with Crippen LogP contribution in [0.25, 0.3) is 0 Å². The number of thioether (sulfide) groups is 1. The highest BCUT2D eigenvalue weighted by Gasteiger charge is 2.10. The molecule has 0 atom stereocenters. The zero-order valence-electron chi connectivity index (χ0n) is 12.3. The Morgan fingerprint density at radius 1 is 1.24 bits per heavy atom. The number of hydrogen-bond acceptors (Lipinski definition) is 8. The molecule has 0 unspecified atom stereocenters. The minimum absolute atomic E-state index is 0.00862. The molecule has 0 bridgehead atoms. The van der Waals surface area contributed by atoms with E-state index >= 15 is 0 Å². The van der Waals surface area contributed by atoms with Crippen molar-refractivity contribution in [2.75, 3.05) is 19.5 Å². The van der Waals surface area contributed by atoms with Crippen LogP contribution in [0.1, 0.15) is 32.6 Å². The molecule has 8 nitrogen and oxygen atoms in total. The van der Waals surface area contributed by atoms with Crippen molar-refractivity contribution < 1.29 is 19.1 Å². The van der Waals surface area contributed by atoms with Crippen molar-refractivity contribution in [1.82, 2.24) is 20.2 Å². The van der Waals surface area contributed by atoms with E-state index in [1.165, 1.54) is 23.6 Å². The predicted molar refractivity (Wildman–Crippen MR) is 75.7 cm³/mol. The van der Waals surface area contributed by atoms with Gasteiger partial charge >= 0.3 is 11.9 Å². The number of ether oxygens (including phenoxy) is 2. The van der Waals surface area contributed by atoms with Gasteiger partial charge in [0.15, 0.2) is 0 Å². The number of aromatic nitrogens is 4. The van der Waals surface area contributed by atoms with Crippen LogP contribution in [0.15, 0.2) is 5.16 Å². The van der Waals surface area contributed by atoms with Gasteiger partial charge in [0.05, 0.1) is 13.7 Å². The van der Waals surface area contributed by atoms with E-state index in [1.54, 1.807) is 6.92 Å². The second kappa shape index (κ2) is 10.1. The minimum atomic E-state index is -0.390. The number of nitrogens with zero attached hydrogens (tertiary/aromatic N) is 4. The second-order valence-electron chi connectivity index (χ2n) is 4.16. The number of methoxy groups -OCH3 is 1. The zero-order chi connectivity index (χ0) is 15.5. The molecule has 0 saturated carbocycles. The quantitative estimate of drug-likeness (QED) is 0.359. The van der Waals surface area contributed by atoms with E-state index in [4.69, 9.17) is 4.74 Å². The van der Waals surface area contributed by atoms with E-state index in [1.807, 2.05) is 0 Å². The van der Waals surface area contributed by atoms with E-state index in [9.17, 15) is 9.59 Å². The maximum atomic E-state index is 11.2. The van der Waals surface area contributed by atoms with Crippen LogP contribution in [-0.4, -0.2) is 51.6 Å². The first-order chi connectivity index (χ1) is 10.2. The van der Waals surface area contributed by atoms with E-state index in [0.717, 1.165) is 25.0 Å². The van der Waals surface area contributed by atoms with Gasteiger partial charge in [0.25, 0.3) is 0 Å². The third-order valence-electron chi connectivity index (χ3n) is 2.57. The molecular formula is C12H20N4O4S. The molecule has 1 aromatic heterocycles. The summed E-state index contributed by atoms with van der Waals surface area (Å²) in [5.74, 6) is 0.287. The summed E-state index contributed by atoms with van der Waals surface area (Å²) in [6, 6.07) is 0. The van der Waals surface area contributed by atoms with Crippen molar-refractivity contribution >= 4 is 23.7 Å². The molecule has 1 aromatic rings. The molecule has 1 rings (SSSR count). The number of unbranched alkanes of at least 4 members (excludes halogenated alkanes) is 2. The molecule has 0 aromatic carbocycles. The molecule has 0 aliphatic rings. The van der Waals surface area contributed by atoms with Crippen molar-refractivity contribution in [2.24, 2.45) is 0 Å². The van der Waals surface area contributed by atoms with E-state index < -0.39 is 5.97 Å². The minimum Gasteiger partial charge on any atom is -0.468 e. The van der Waals surface area contributed by atoms with Crippen LogP contribution in [0.5, 0.6) is 0 Å². The Bertz CT molecular complexity index is 452. The molecule has 0 N–H and O–H groups in total. The molecule has 0 aliphatic carbocycles. The Balaban J connectivity index is 2.17. The van der Waals surface area contributed by atoms with Crippen molar-refractivity contribution in [3.8, 4) is 0 Å². The molecule has 21 heavy (non-hydrogen) atoms. The van der Waals surface area contributed by atoms with Gasteiger partial charge in [-0.25, -0.2) is 4.68 Å². The maximum Gasteiger partial charge on any atom is 0.327 e. The van der Waals surface area contributed by atoms with Crippen LogP contribution >= 0.6 is 11.8 Å². The summed E-state index contributed by atoms with van der Waals surface area (Å²) >= 11 is 1.48. The first-order valence-electron chi connectivity index (χ1n) is 6.78. The standard InChI is InChI=1S/C12H20N4O4S/c1-3-20-10(17)7-5-4-6-8-21-12-13-14-15-16(12)9-11(18)19-2/h3-9H2,1-2H3. The molecule has 9 heteroatoms. The molecule has 0 spiro atoms. The number of carbonyl (C=O) groups excluding carboxylic acids is 2. The fourth-order valence-electron chi connectivity index (χ4n) is 1.53. The van der Waals surface area contributed by atoms with Crippen molar-refractivity contribution in [2.45, 2.75) is 44.3 Å². The Morgan fingerprint density at radius 2 is 2.05 bits per heavy atom. The average Bonchev–Trinajstić information content (AvgIpc) is 2.90. The number of esters is 2. The summed E-state index contributed by atoms with van der Waals surface area (Å²) in [4.78, 5) is 22.3. The fourth-order valence-corrected chi connectivity index (χ4v) is 2.41. The number of tetrazole rings is 1. The van der Waals surface area contributed by atoms with Crippen molar-refractivity contribution in [1.29, 1.82) is 0 Å². The maximum absolute atomic E-state index is 11.2. The van der Waals surface area contributed by atoms with Crippen LogP contribution in [0.3, 0.4) is 0 Å². The summed E-state index contributed by atoms with van der Waals surface area (Å²) in [5.41, 5.74) is 0. The van der Waals surface area contributed by atoms with E-state index in [-0.39, 0.29) is 12.5 Å². The summed E-state index contributed by atoms with van der Waals surface area (Å²) in [6.45, 7) is 2.24. The van der Waals surface area contributed by atoms with Gasteiger partial charge in [-0.2, -0.15) is 0 Å². The van der Waals surface area contributed by atoms with Crippen LogP contribution in [0.4, 0.5) is 0 Å². The predicted octanol–water partition coefficient (Wildman–Crippen LogP) is 1.06. The highest BCUT2D eigenvalue weighted by atomic mass is 32.2. The average molecular weight is 316 g/mol. The molecule has 118 valence electrons. The largest absolute Gasteiger partial charge is 0.468 e. The van der Waals surface area contributed by atoms with Gasteiger partial charge in [0.2, 0.25) is 5.16 Å². The summed E-state index contributed by atoms with van der Waals surface area (Å²) in [6.07, 6.45) is 3.14. The van der Waals surface area contributed by atoms with E-state index in [2.05, 4.69) is 20.3 Å². The van der Waals surface area contributed by atoms with Crippen molar-refractivity contribution in [3.63, 3.8) is 0 Å². The lowest BCUT2D eigenvalue weighted by Crippen LogP contribution is -2.13. The van der Waals surface area contributed by atoms with Gasteiger partial charge in [-0.15, -0.1) is 5.10 Å². The fraction of sp³-hybridized carbons (Fsp3) is 0.750. The SMILES string of the molecule is CCOC(=O)CCCCCSc1nnnn1CC(=O)OC. The normalized spacial score (nSPS) is 10.4. The molecule has 0 radical (unpaired) electrons. The van der Waals surface area contributed by atoms with Gasteiger partial charge in [-0.3, -0.25) is 9.59 Å². The second-order valence-corrected chi connectivity index (χ2v) is 5.22. The highest BCUT2D eigenvalue weighted by Crippen LogP contribution is 2.16. The molecule has 1 heterocycles. The summed E-state index contributed by atoms with van der Waals surface area (Å²) in [5, 5.41) is 11.7. The topological polar surface area (TPSA) is 96.2 Å². The number of carbonyl (C=O) groups is 2. The van der Waals surface area contributed by atoms with Crippen LogP contribution < -0.4 is 0 Å². The van der Waals surface area contributed by atoms with E-state index in [0.29, 0.717) is 18.2 Å². The van der Waals surface area contributed by atoms with Crippen LogP contribution in [-0.2, 0) is 25.6 Å². The third-order valence-corrected chi connectivity index (χ3v) is 3.61. The van der Waals surface area contributed by atoms with Gasteiger partial charge in [0.1, 0.15) is 6.54 Å². The molecule has 0 saturated heterocycles. The van der Waals surface area contributed by atoms with Gasteiger partial charge < -0.3 is 9.47 Å². The summed E-state index contributed by atoms with van der Waals surface area (Å²) in [7, 11) is 1.32. The lowest BCUT2D eigenvalue weighted by Gasteiger charge is -2.03. The Labute approximate surface area is 127 Å². The number of hydrogen-bond donors (Lipinski definition) is 0. The zero-order valence-corrected chi connectivity index (χ0v) is 13.1. The molecule has 0 aliphatic heterocycles. The number of rotatable bonds is 10. The van der Waals surface area contributed by atoms with Gasteiger partial charge in [-0.1, -0.05) is 18.2 Å². The molecule has 0 amide bonds. The van der Waals surface area contributed by atoms with Crippen LogP contribution in [0, 0.1) is 0 Å². The van der Waals surface area contributed by atoms with Crippen molar-refractivity contribution in [3.05, 3.63) is 0 Å². The van der Waals surface area contributed by atoms with Gasteiger partial charge in [-0.05, 0) is 30.2 Å². The Hall–Kier alpha value is -1.64. The highest BCUT2D eigenvalue weighted by molar-refractivity contribution is 7.99. The first kappa shape index (κ1) is 17.4. The lowest BCUT2D eigenvalue weighted by molar-refractivity contribution is -0.143. The Kier molecular flexibility index (Phi) is 8.41. The molecular weight excluding hydrogens is 296 g/mol. The van der Waals surface area contributed by atoms with Gasteiger partial charge in [0, 0.05) is 12.2 Å². The third kappa shape index (κ3) is 7.07. The lowest BCUT2D eigenvalue weighted by atomic mass is 10.2. The Morgan fingerprint density at radius 3 is 2.76 bits per heavy atom. The smallest absolute Gasteiger partial charge is 0.327 e.